The fraction of sp³-hybridized carbons (Fsp3) is 1.00. The van der Waals surface area contributed by atoms with Crippen LogP contribution in [0, 0.1) is 16.7 Å². The fourth-order valence-corrected chi connectivity index (χ4v) is 1.16. The Morgan fingerprint density at radius 1 is 1.42 bits per heavy atom. The quantitative estimate of drug-likeness (QED) is 0.600. The summed E-state index contributed by atoms with van der Waals surface area (Å²) >= 11 is 0. The van der Waals surface area contributed by atoms with Gasteiger partial charge >= 0.3 is 0 Å². The van der Waals surface area contributed by atoms with Gasteiger partial charge in [-0.25, -0.2) is 0 Å². The van der Waals surface area contributed by atoms with Gasteiger partial charge in [-0.3, -0.25) is 0 Å². The first-order valence-corrected chi connectivity index (χ1v) is 4.64. The van der Waals surface area contributed by atoms with Crippen LogP contribution in [0.25, 0.3) is 0 Å². The number of rotatable bonds is 7. The van der Waals surface area contributed by atoms with Gasteiger partial charge in [0.1, 0.15) is 0 Å². The van der Waals surface area contributed by atoms with Crippen molar-refractivity contribution in [2.75, 3.05) is 13.2 Å². The number of nitrogens with zero attached hydrogens (tertiary/aromatic N) is 1. The summed E-state index contributed by atoms with van der Waals surface area (Å²) in [5, 5.41) is 11.7. The second-order valence-electron chi connectivity index (χ2n) is 3.45. The highest BCUT2D eigenvalue weighted by Gasteiger charge is 2.07. The third-order valence-corrected chi connectivity index (χ3v) is 2.29. The smallest absolute Gasteiger partial charge is 0.0836 e. The van der Waals surface area contributed by atoms with Crippen LogP contribution in [0.3, 0.4) is 0 Å². The van der Waals surface area contributed by atoms with E-state index in [1.54, 1.807) is 0 Å². The molecule has 0 radical (unpaired) electrons. The van der Waals surface area contributed by atoms with Crippen LogP contribution in [0.5, 0.6) is 0 Å². The van der Waals surface area contributed by atoms with Gasteiger partial charge in [0, 0.05) is 6.61 Å². The number of hydrogen-bond acceptors (Lipinski definition) is 3. The summed E-state index contributed by atoms with van der Waals surface area (Å²) in [5.74, 6) is 0.766. The van der Waals surface area contributed by atoms with Gasteiger partial charge in [0.15, 0.2) is 0 Å². The Bertz CT molecular complexity index is 113. The van der Waals surface area contributed by atoms with E-state index in [9.17, 15) is 4.91 Å². The maximum Gasteiger partial charge on any atom is 0.0836 e. The second kappa shape index (κ2) is 7.22. The minimum atomic E-state index is 0.262. The van der Waals surface area contributed by atoms with Crippen molar-refractivity contribution in [1.82, 2.24) is 0 Å². The fourth-order valence-electron chi connectivity index (χ4n) is 1.16. The van der Waals surface area contributed by atoms with Gasteiger partial charge < -0.3 is 5.11 Å². The third-order valence-electron chi connectivity index (χ3n) is 2.29. The van der Waals surface area contributed by atoms with Crippen LogP contribution in [0.15, 0.2) is 5.18 Å². The summed E-state index contributed by atoms with van der Waals surface area (Å²) in [6.07, 6.45) is 3.01. The second-order valence-corrected chi connectivity index (χ2v) is 3.45. The molecule has 2 atom stereocenters. The summed E-state index contributed by atoms with van der Waals surface area (Å²) < 4.78 is 0. The molecule has 12 heavy (non-hydrogen) atoms. The molecule has 0 saturated carbocycles. The van der Waals surface area contributed by atoms with Crippen LogP contribution in [-0.4, -0.2) is 18.3 Å². The van der Waals surface area contributed by atoms with Crippen molar-refractivity contribution in [3.8, 4) is 0 Å². The predicted octanol–water partition coefficient (Wildman–Crippen LogP) is 2.19. The first-order chi connectivity index (χ1) is 5.74. The molecule has 3 nitrogen and oxygen atoms in total. The number of aliphatic hydroxyl groups excluding tert-OH is 1. The number of aliphatic hydroxyl groups is 1. The highest BCUT2D eigenvalue weighted by Crippen LogP contribution is 2.15. The topological polar surface area (TPSA) is 49.7 Å². The lowest BCUT2D eigenvalue weighted by Gasteiger charge is -2.13. The molecule has 1 N–H and O–H groups in total. The zero-order valence-electron chi connectivity index (χ0n) is 7.99. The number of nitroso groups, excluding NO2 is 1. The summed E-state index contributed by atoms with van der Waals surface area (Å²) in [5.41, 5.74) is 0. The molecule has 72 valence electrons. The lowest BCUT2D eigenvalue weighted by atomic mass is 9.96. The molecule has 0 aliphatic heterocycles. The van der Waals surface area contributed by atoms with Gasteiger partial charge in [0.25, 0.3) is 0 Å². The molecule has 0 fully saturated rings. The van der Waals surface area contributed by atoms with E-state index in [4.69, 9.17) is 5.11 Å². The molecule has 0 aromatic rings. The zero-order valence-corrected chi connectivity index (χ0v) is 7.99. The Morgan fingerprint density at radius 2 is 2.08 bits per heavy atom. The Hall–Kier alpha value is -0.440. The molecular formula is C9H19NO2. The maximum absolute atomic E-state index is 9.90. The normalized spacial score (nSPS) is 15.6. The van der Waals surface area contributed by atoms with E-state index in [0.717, 1.165) is 19.3 Å². The molecular weight excluding hydrogens is 154 g/mol. The van der Waals surface area contributed by atoms with E-state index >= 15 is 0 Å². The monoisotopic (exact) mass is 173 g/mol. The molecule has 0 spiro atoms. The Balaban J connectivity index is 3.43. The molecule has 0 heterocycles. The van der Waals surface area contributed by atoms with Crippen LogP contribution in [0.1, 0.15) is 33.1 Å². The first-order valence-electron chi connectivity index (χ1n) is 4.64. The van der Waals surface area contributed by atoms with Gasteiger partial charge in [0.05, 0.1) is 6.54 Å². The molecule has 3 heteroatoms. The van der Waals surface area contributed by atoms with Crippen molar-refractivity contribution < 1.29 is 5.11 Å². The van der Waals surface area contributed by atoms with Crippen LogP contribution >= 0.6 is 0 Å². The van der Waals surface area contributed by atoms with E-state index in [-0.39, 0.29) is 6.61 Å². The van der Waals surface area contributed by atoms with Gasteiger partial charge in [-0.05, 0) is 24.7 Å². The van der Waals surface area contributed by atoms with Crippen molar-refractivity contribution in [3.05, 3.63) is 4.91 Å². The molecule has 0 aromatic heterocycles. The van der Waals surface area contributed by atoms with Crippen LogP contribution in [-0.2, 0) is 0 Å². The van der Waals surface area contributed by atoms with E-state index in [0.29, 0.717) is 18.4 Å². The molecule has 2 unspecified atom stereocenters. The van der Waals surface area contributed by atoms with Gasteiger partial charge in [-0.2, -0.15) is 4.91 Å². The zero-order chi connectivity index (χ0) is 9.40. The standard InChI is InChI=1S/C9H19NO2/c1-3-9(7-11)5-4-8(2)6-10-12/h8-9,11H,3-7H2,1-2H3. The van der Waals surface area contributed by atoms with E-state index in [1.807, 2.05) is 6.92 Å². The van der Waals surface area contributed by atoms with Crippen molar-refractivity contribution in [2.45, 2.75) is 33.1 Å². The first kappa shape index (κ1) is 11.6. The van der Waals surface area contributed by atoms with Gasteiger partial charge in [-0.1, -0.05) is 25.4 Å². The predicted molar refractivity (Wildman–Crippen MR) is 49.9 cm³/mol. The van der Waals surface area contributed by atoms with E-state index < -0.39 is 0 Å². The van der Waals surface area contributed by atoms with E-state index in [2.05, 4.69) is 12.1 Å². The molecule has 0 rings (SSSR count). The maximum atomic E-state index is 9.90. The Labute approximate surface area is 74.1 Å². The van der Waals surface area contributed by atoms with Crippen LogP contribution in [0.2, 0.25) is 0 Å². The Morgan fingerprint density at radius 3 is 2.50 bits per heavy atom. The average molecular weight is 173 g/mol. The van der Waals surface area contributed by atoms with Crippen molar-refractivity contribution in [3.63, 3.8) is 0 Å². The van der Waals surface area contributed by atoms with Gasteiger partial charge in [0.2, 0.25) is 0 Å². The molecule has 0 aliphatic rings. The molecule has 0 amide bonds. The summed E-state index contributed by atoms with van der Waals surface area (Å²) in [7, 11) is 0. The summed E-state index contributed by atoms with van der Waals surface area (Å²) in [4.78, 5) is 9.90. The Kier molecular flexibility index (Phi) is 6.96. The number of hydrogen-bond donors (Lipinski definition) is 1. The highest BCUT2D eigenvalue weighted by atomic mass is 16.3. The van der Waals surface area contributed by atoms with E-state index in [1.165, 1.54) is 0 Å². The highest BCUT2D eigenvalue weighted by molar-refractivity contribution is 4.61. The van der Waals surface area contributed by atoms with Crippen molar-refractivity contribution in [1.29, 1.82) is 0 Å². The summed E-state index contributed by atoms with van der Waals surface area (Å²) in [6.45, 7) is 4.76. The lowest BCUT2D eigenvalue weighted by molar-refractivity contribution is 0.207. The summed E-state index contributed by atoms with van der Waals surface area (Å²) in [6, 6.07) is 0. The van der Waals surface area contributed by atoms with Crippen molar-refractivity contribution in [2.24, 2.45) is 17.0 Å². The van der Waals surface area contributed by atoms with Crippen molar-refractivity contribution >= 4 is 0 Å². The largest absolute Gasteiger partial charge is 0.396 e. The van der Waals surface area contributed by atoms with Crippen LogP contribution in [0.4, 0.5) is 0 Å². The third kappa shape index (κ3) is 5.24. The minimum Gasteiger partial charge on any atom is -0.396 e. The van der Waals surface area contributed by atoms with Crippen LogP contribution < -0.4 is 0 Å². The molecule has 0 aliphatic carbocycles. The molecule has 0 saturated heterocycles. The molecule has 0 bridgehead atoms. The molecule has 0 aromatic carbocycles. The SMILES string of the molecule is CCC(CO)CCC(C)CN=O. The van der Waals surface area contributed by atoms with Gasteiger partial charge in [-0.15, -0.1) is 0 Å². The minimum absolute atomic E-state index is 0.262. The lowest BCUT2D eigenvalue weighted by Crippen LogP contribution is -2.08. The average Bonchev–Trinajstić information content (AvgIpc) is 2.07.